The van der Waals surface area contributed by atoms with Crippen LogP contribution in [0, 0.1) is 13.8 Å². The van der Waals surface area contributed by atoms with Crippen molar-refractivity contribution in [3.63, 3.8) is 0 Å². The van der Waals surface area contributed by atoms with E-state index in [-0.39, 0.29) is 12.6 Å². The topological polar surface area (TPSA) is 41.5 Å². The van der Waals surface area contributed by atoms with Crippen LogP contribution in [-0.4, -0.2) is 25.9 Å². The molecule has 0 radical (unpaired) electrons. The Morgan fingerprint density at radius 3 is 2.50 bits per heavy atom. The molecule has 0 saturated heterocycles. The number of aliphatic hydroxyl groups is 1. The molecule has 0 aromatic heterocycles. The van der Waals surface area contributed by atoms with Crippen molar-refractivity contribution in [2.24, 2.45) is 0 Å². The number of hydrogen-bond acceptors (Lipinski definition) is 3. The zero-order valence-corrected chi connectivity index (χ0v) is 10.5. The summed E-state index contributed by atoms with van der Waals surface area (Å²) >= 11 is 0. The van der Waals surface area contributed by atoms with Crippen LogP contribution >= 0.6 is 0 Å². The summed E-state index contributed by atoms with van der Waals surface area (Å²) in [5.74, 6) is 0.917. The molecule has 2 N–H and O–H groups in total. The minimum atomic E-state index is 0.190. The second-order valence-corrected chi connectivity index (χ2v) is 4.03. The first kappa shape index (κ1) is 13.0. The van der Waals surface area contributed by atoms with Gasteiger partial charge in [0.25, 0.3) is 0 Å². The van der Waals surface area contributed by atoms with Gasteiger partial charge in [0, 0.05) is 12.6 Å². The molecule has 0 aliphatic rings. The Morgan fingerprint density at radius 1 is 1.31 bits per heavy atom. The van der Waals surface area contributed by atoms with Gasteiger partial charge in [-0.1, -0.05) is 6.07 Å². The van der Waals surface area contributed by atoms with Gasteiger partial charge in [-0.3, -0.25) is 0 Å². The molecular weight excluding hydrogens is 202 g/mol. The standard InChI is InChI=1S/C13H21NO2/c1-9-8-13(16-4)10(2)7-11(9)12(14-3)5-6-15/h7-8,12,14-15H,5-6H2,1-4H3. The lowest BCUT2D eigenvalue weighted by molar-refractivity contribution is 0.268. The summed E-state index contributed by atoms with van der Waals surface area (Å²) in [6, 6.07) is 4.38. The zero-order chi connectivity index (χ0) is 12.1. The highest BCUT2D eigenvalue weighted by Gasteiger charge is 2.13. The highest BCUT2D eigenvalue weighted by molar-refractivity contribution is 5.42. The molecule has 3 heteroatoms. The lowest BCUT2D eigenvalue weighted by atomic mass is 9.96. The molecular formula is C13H21NO2. The van der Waals surface area contributed by atoms with Crippen molar-refractivity contribution in [1.29, 1.82) is 0 Å². The van der Waals surface area contributed by atoms with E-state index in [0.29, 0.717) is 0 Å². The average Bonchev–Trinajstić information content (AvgIpc) is 2.28. The Bertz CT molecular complexity index is 350. The lowest BCUT2D eigenvalue weighted by Gasteiger charge is -2.19. The third-order valence-electron chi connectivity index (χ3n) is 2.93. The van der Waals surface area contributed by atoms with Crippen molar-refractivity contribution >= 4 is 0 Å². The summed E-state index contributed by atoms with van der Waals surface area (Å²) in [6.07, 6.45) is 0.725. The van der Waals surface area contributed by atoms with Crippen LogP contribution in [0.3, 0.4) is 0 Å². The molecule has 0 fully saturated rings. The average molecular weight is 223 g/mol. The van der Waals surface area contributed by atoms with Crippen molar-refractivity contribution in [1.82, 2.24) is 5.32 Å². The zero-order valence-electron chi connectivity index (χ0n) is 10.5. The van der Waals surface area contributed by atoms with Crippen LogP contribution in [0.25, 0.3) is 0 Å². The second kappa shape index (κ2) is 5.87. The maximum Gasteiger partial charge on any atom is 0.122 e. The van der Waals surface area contributed by atoms with E-state index in [1.807, 2.05) is 20.0 Å². The molecule has 0 aliphatic carbocycles. The van der Waals surface area contributed by atoms with Crippen molar-refractivity contribution in [3.8, 4) is 5.75 Å². The summed E-state index contributed by atoms with van der Waals surface area (Å²) in [5, 5.41) is 12.2. The summed E-state index contributed by atoms with van der Waals surface area (Å²) in [6.45, 7) is 4.29. The summed E-state index contributed by atoms with van der Waals surface area (Å²) in [5.41, 5.74) is 3.55. The third-order valence-corrected chi connectivity index (χ3v) is 2.93. The van der Waals surface area contributed by atoms with Gasteiger partial charge >= 0.3 is 0 Å². The van der Waals surface area contributed by atoms with Crippen LogP contribution in [0.4, 0.5) is 0 Å². The number of aryl methyl sites for hydroxylation is 2. The van der Waals surface area contributed by atoms with Crippen molar-refractivity contribution in [3.05, 3.63) is 28.8 Å². The van der Waals surface area contributed by atoms with Crippen molar-refractivity contribution in [2.75, 3.05) is 20.8 Å². The first-order chi connectivity index (χ1) is 7.63. The fourth-order valence-corrected chi connectivity index (χ4v) is 1.99. The van der Waals surface area contributed by atoms with E-state index in [4.69, 9.17) is 9.84 Å². The first-order valence-electron chi connectivity index (χ1n) is 5.57. The lowest BCUT2D eigenvalue weighted by Crippen LogP contribution is -2.18. The molecule has 1 unspecified atom stereocenters. The predicted molar refractivity (Wildman–Crippen MR) is 66.0 cm³/mol. The quantitative estimate of drug-likeness (QED) is 0.801. The molecule has 1 aromatic rings. The Hall–Kier alpha value is -1.06. The van der Waals surface area contributed by atoms with E-state index >= 15 is 0 Å². The van der Waals surface area contributed by atoms with Crippen molar-refractivity contribution in [2.45, 2.75) is 26.3 Å². The van der Waals surface area contributed by atoms with Gasteiger partial charge in [0.15, 0.2) is 0 Å². The minimum Gasteiger partial charge on any atom is -0.496 e. The fourth-order valence-electron chi connectivity index (χ4n) is 1.99. The van der Waals surface area contributed by atoms with Crippen LogP contribution in [0.2, 0.25) is 0 Å². The fraction of sp³-hybridized carbons (Fsp3) is 0.538. The van der Waals surface area contributed by atoms with E-state index in [1.165, 1.54) is 11.1 Å². The van der Waals surface area contributed by atoms with E-state index in [2.05, 4.69) is 18.3 Å². The number of methoxy groups -OCH3 is 1. The predicted octanol–water partition coefficient (Wildman–Crippen LogP) is 1.95. The smallest absolute Gasteiger partial charge is 0.122 e. The van der Waals surface area contributed by atoms with E-state index in [9.17, 15) is 0 Å². The molecule has 0 aliphatic heterocycles. The second-order valence-electron chi connectivity index (χ2n) is 4.03. The van der Waals surface area contributed by atoms with Gasteiger partial charge in [-0.25, -0.2) is 0 Å². The van der Waals surface area contributed by atoms with Crippen LogP contribution in [-0.2, 0) is 0 Å². The van der Waals surface area contributed by atoms with Gasteiger partial charge < -0.3 is 15.2 Å². The van der Waals surface area contributed by atoms with Crippen LogP contribution in [0.5, 0.6) is 5.75 Å². The molecule has 3 nitrogen and oxygen atoms in total. The Kier molecular flexibility index (Phi) is 4.77. The molecule has 1 atom stereocenters. The van der Waals surface area contributed by atoms with Gasteiger partial charge in [0.1, 0.15) is 5.75 Å². The van der Waals surface area contributed by atoms with Crippen LogP contribution in [0.15, 0.2) is 12.1 Å². The molecule has 1 rings (SSSR count). The molecule has 1 aromatic carbocycles. The molecule has 16 heavy (non-hydrogen) atoms. The molecule has 0 spiro atoms. The van der Waals surface area contributed by atoms with Gasteiger partial charge in [0.05, 0.1) is 7.11 Å². The normalized spacial score (nSPS) is 12.6. The van der Waals surface area contributed by atoms with Gasteiger partial charge in [-0.15, -0.1) is 0 Å². The largest absolute Gasteiger partial charge is 0.496 e. The number of benzene rings is 1. The molecule has 0 saturated carbocycles. The first-order valence-corrected chi connectivity index (χ1v) is 5.57. The number of nitrogens with one attached hydrogen (secondary N) is 1. The van der Waals surface area contributed by atoms with Gasteiger partial charge in [0.2, 0.25) is 0 Å². The maximum atomic E-state index is 9.03. The monoisotopic (exact) mass is 223 g/mol. The van der Waals surface area contributed by atoms with E-state index in [0.717, 1.165) is 17.7 Å². The Balaban J connectivity index is 3.08. The number of aliphatic hydroxyl groups excluding tert-OH is 1. The molecule has 0 amide bonds. The van der Waals surface area contributed by atoms with Gasteiger partial charge in [-0.05, 0) is 50.1 Å². The highest BCUT2D eigenvalue weighted by atomic mass is 16.5. The van der Waals surface area contributed by atoms with Gasteiger partial charge in [-0.2, -0.15) is 0 Å². The Labute approximate surface area is 97.4 Å². The summed E-state index contributed by atoms with van der Waals surface area (Å²) in [4.78, 5) is 0. The molecule has 90 valence electrons. The number of hydrogen-bond donors (Lipinski definition) is 2. The number of ether oxygens (including phenoxy) is 1. The number of rotatable bonds is 5. The molecule has 0 bridgehead atoms. The maximum absolute atomic E-state index is 9.03. The van der Waals surface area contributed by atoms with Crippen LogP contribution in [0.1, 0.15) is 29.2 Å². The minimum absolute atomic E-state index is 0.190. The van der Waals surface area contributed by atoms with E-state index < -0.39 is 0 Å². The summed E-state index contributed by atoms with van der Waals surface area (Å²) in [7, 11) is 3.60. The Morgan fingerprint density at radius 2 is 2.00 bits per heavy atom. The molecule has 0 heterocycles. The SMILES string of the molecule is CNC(CCO)c1cc(C)c(OC)cc1C. The summed E-state index contributed by atoms with van der Waals surface area (Å²) < 4.78 is 5.28. The third kappa shape index (κ3) is 2.74. The van der Waals surface area contributed by atoms with Crippen molar-refractivity contribution < 1.29 is 9.84 Å². The van der Waals surface area contributed by atoms with E-state index in [1.54, 1.807) is 7.11 Å². The van der Waals surface area contributed by atoms with Crippen LogP contribution < -0.4 is 10.1 Å². The highest BCUT2D eigenvalue weighted by Crippen LogP contribution is 2.27.